The summed E-state index contributed by atoms with van der Waals surface area (Å²) >= 11 is 0. The summed E-state index contributed by atoms with van der Waals surface area (Å²) in [6.45, 7) is 0.516. The van der Waals surface area contributed by atoms with E-state index in [1.807, 2.05) is 0 Å². The third-order valence-corrected chi connectivity index (χ3v) is 6.86. The summed E-state index contributed by atoms with van der Waals surface area (Å²) < 4.78 is 26.9. The highest BCUT2D eigenvalue weighted by molar-refractivity contribution is 5.74. The van der Waals surface area contributed by atoms with E-state index in [2.05, 4.69) is 10.6 Å². The predicted octanol–water partition coefficient (Wildman–Crippen LogP) is -7.19. The zero-order valence-electron chi connectivity index (χ0n) is 21.9. The Morgan fingerprint density at radius 2 is 1.20 bits per heavy atom. The van der Waals surface area contributed by atoms with Crippen LogP contribution in [0.1, 0.15) is 13.8 Å². The molecule has 2 amide bonds. The first kappa shape index (κ1) is 33.4. The summed E-state index contributed by atoms with van der Waals surface area (Å²) in [5.74, 6) is -3.16. The molecule has 236 valence electrons. The van der Waals surface area contributed by atoms with Gasteiger partial charge >= 0.3 is 5.97 Å². The second-order valence-corrected chi connectivity index (χ2v) is 9.84. The quantitative estimate of drug-likeness (QED) is 0.117. The highest BCUT2D eigenvalue weighted by atomic mass is 16.7. The summed E-state index contributed by atoms with van der Waals surface area (Å²) in [5.41, 5.74) is 0. The average Bonchev–Trinajstić information content (AvgIpc) is 2.90. The van der Waals surface area contributed by atoms with E-state index in [1.165, 1.54) is 0 Å². The van der Waals surface area contributed by atoms with Crippen molar-refractivity contribution in [1.29, 1.82) is 0 Å². The largest absolute Gasteiger partial charge is 0.479 e. The molecule has 0 aromatic heterocycles. The Morgan fingerprint density at radius 1 is 0.659 bits per heavy atom. The highest BCUT2D eigenvalue weighted by Gasteiger charge is 2.55. The van der Waals surface area contributed by atoms with E-state index in [4.69, 9.17) is 23.7 Å². The number of amides is 2. The molecular formula is C22H36N2O17. The molecule has 0 unspecified atom stereocenters. The number of carboxylic acids is 1. The Balaban J connectivity index is 1.86. The molecule has 3 fully saturated rings. The minimum atomic E-state index is -2.14. The van der Waals surface area contributed by atoms with Crippen LogP contribution in [0.4, 0.5) is 0 Å². The van der Waals surface area contributed by atoms with Crippen molar-refractivity contribution in [2.24, 2.45) is 0 Å². The molecule has 19 heteroatoms. The number of carbonyl (C=O) groups is 3. The van der Waals surface area contributed by atoms with Crippen LogP contribution in [0.25, 0.3) is 0 Å². The Bertz CT molecular complexity index is 927. The van der Waals surface area contributed by atoms with Gasteiger partial charge in [0.25, 0.3) is 0 Å². The zero-order valence-corrected chi connectivity index (χ0v) is 21.9. The van der Waals surface area contributed by atoms with Gasteiger partial charge in [-0.2, -0.15) is 0 Å². The average molecular weight is 601 g/mol. The molecular weight excluding hydrogens is 564 g/mol. The van der Waals surface area contributed by atoms with Gasteiger partial charge in [-0.1, -0.05) is 0 Å². The molecule has 0 aliphatic carbocycles. The minimum absolute atomic E-state index is 0.697. The first-order valence-corrected chi connectivity index (χ1v) is 12.6. The van der Waals surface area contributed by atoms with Crippen molar-refractivity contribution in [2.45, 2.75) is 106 Å². The van der Waals surface area contributed by atoms with E-state index in [0.29, 0.717) is 0 Å². The third-order valence-electron chi connectivity index (χ3n) is 6.86. The molecule has 3 rings (SSSR count). The van der Waals surface area contributed by atoms with E-state index in [1.54, 1.807) is 0 Å². The van der Waals surface area contributed by atoms with Crippen molar-refractivity contribution in [1.82, 2.24) is 10.6 Å². The fraction of sp³-hybridized carbons (Fsp3) is 0.864. The zero-order chi connectivity index (χ0) is 30.8. The molecule has 3 aliphatic heterocycles. The van der Waals surface area contributed by atoms with Crippen LogP contribution in [-0.2, 0) is 38.1 Å². The maximum Gasteiger partial charge on any atom is 0.335 e. The Hall–Kier alpha value is -2.11. The molecule has 11 N–H and O–H groups in total. The second-order valence-electron chi connectivity index (χ2n) is 9.84. The lowest BCUT2D eigenvalue weighted by Crippen LogP contribution is -2.69. The van der Waals surface area contributed by atoms with Crippen molar-refractivity contribution in [3.05, 3.63) is 0 Å². The second kappa shape index (κ2) is 13.9. The predicted molar refractivity (Wildman–Crippen MR) is 125 cm³/mol. The smallest absolute Gasteiger partial charge is 0.335 e. The molecule has 0 spiro atoms. The summed E-state index contributed by atoms with van der Waals surface area (Å²) in [6.07, 6.45) is -23.7. The van der Waals surface area contributed by atoms with Gasteiger partial charge in [-0.3, -0.25) is 9.59 Å². The fourth-order valence-electron chi connectivity index (χ4n) is 4.83. The molecule has 0 aromatic carbocycles. The number of aliphatic hydroxyl groups excluding tert-OH is 8. The molecule has 0 aromatic rings. The lowest BCUT2D eigenvalue weighted by Gasteiger charge is -2.48. The molecule has 3 saturated heterocycles. The minimum Gasteiger partial charge on any atom is -0.479 e. The Kier molecular flexibility index (Phi) is 11.3. The lowest BCUT2D eigenvalue weighted by molar-refractivity contribution is -0.359. The van der Waals surface area contributed by atoms with Gasteiger partial charge in [-0.15, -0.1) is 0 Å². The number of carbonyl (C=O) groups excluding carboxylic acids is 2. The SMILES string of the molecule is CC(=O)N[C@@H]1[C@@H](O[C@@H]2O[C@H](C(=O)O)[C@@H](O[C@@H]3O[C@H](CO)[C@H](O)[C@H](O)[C@H]3NC(C)=O)[C@H](O)[C@H]2O)[C@@H](O)[C@@H](CO)O[C@H]1O. The molecule has 3 aliphatic rings. The van der Waals surface area contributed by atoms with Crippen LogP contribution in [-0.4, -0.2) is 169 Å². The van der Waals surface area contributed by atoms with E-state index in [-0.39, 0.29) is 0 Å². The van der Waals surface area contributed by atoms with Crippen LogP contribution in [0.2, 0.25) is 0 Å². The highest BCUT2D eigenvalue weighted by Crippen LogP contribution is 2.32. The van der Waals surface area contributed by atoms with Gasteiger partial charge in [0.1, 0.15) is 67.0 Å². The Morgan fingerprint density at radius 3 is 1.73 bits per heavy atom. The number of rotatable bonds is 9. The monoisotopic (exact) mass is 600 g/mol. The van der Waals surface area contributed by atoms with Crippen LogP contribution in [0.5, 0.6) is 0 Å². The number of aliphatic carboxylic acids is 1. The van der Waals surface area contributed by atoms with Crippen molar-refractivity contribution in [2.75, 3.05) is 13.2 Å². The van der Waals surface area contributed by atoms with E-state index >= 15 is 0 Å². The first-order valence-electron chi connectivity index (χ1n) is 12.6. The topological polar surface area (TPSA) is 303 Å². The summed E-state index contributed by atoms with van der Waals surface area (Å²) in [4.78, 5) is 35.5. The van der Waals surface area contributed by atoms with Gasteiger partial charge in [0.05, 0.1) is 13.2 Å². The number of nitrogens with one attached hydrogen (secondary N) is 2. The van der Waals surface area contributed by atoms with Crippen LogP contribution in [0.15, 0.2) is 0 Å². The molecule has 3 heterocycles. The van der Waals surface area contributed by atoms with Crippen molar-refractivity contribution in [3.8, 4) is 0 Å². The maximum atomic E-state index is 12.1. The number of hydrogen-bond donors (Lipinski definition) is 11. The van der Waals surface area contributed by atoms with Crippen molar-refractivity contribution < 1.29 is 84.0 Å². The van der Waals surface area contributed by atoms with Gasteiger partial charge in [0.2, 0.25) is 11.8 Å². The lowest BCUT2D eigenvalue weighted by atomic mass is 9.94. The third kappa shape index (κ3) is 7.28. The standard InChI is InChI=1S/C22H36N2O17/c1-5(27)23-9-13(31)11(29)7(3-25)38-21(9)40-17-14(32)15(33)22(41-18(17)19(34)35)39-16-10(24-6(2)28)20(36)37-8(4-26)12(16)30/h7-18,20-22,25-26,29-33,36H,3-4H2,1-2H3,(H,23,27)(H,24,28)(H,34,35)/t7-,8-,9-,10-,11+,12+,13-,14-,15-,16-,17+,18+,20-,21+,22-/m1/s1. The van der Waals surface area contributed by atoms with Crippen molar-refractivity contribution >= 4 is 17.8 Å². The fourth-order valence-corrected chi connectivity index (χ4v) is 4.83. The molecule has 0 bridgehead atoms. The number of aliphatic hydroxyl groups is 8. The van der Waals surface area contributed by atoms with E-state index in [0.717, 1.165) is 13.8 Å². The van der Waals surface area contributed by atoms with Gasteiger partial charge in [0.15, 0.2) is 25.0 Å². The number of ether oxygens (including phenoxy) is 5. The van der Waals surface area contributed by atoms with Crippen LogP contribution < -0.4 is 10.6 Å². The van der Waals surface area contributed by atoms with Gasteiger partial charge in [-0.05, 0) is 0 Å². The number of hydrogen-bond acceptors (Lipinski definition) is 16. The van der Waals surface area contributed by atoms with Gasteiger partial charge in [-0.25, -0.2) is 4.79 Å². The van der Waals surface area contributed by atoms with E-state index < -0.39 is 123 Å². The summed E-state index contributed by atoms with van der Waals surface area (Å²) in [6, 6.07) is -3.02. The van der Waals surface area contributed by atoms with Crippen LogP contribution >= 0.6 is 0 Å². The Labute approximate surface area is 232 Å². The molecule has 0 saturated carbocycles. The first-order chi connectivity index (χ1) is 19.2. The summed E-state index contributed by atoms with van der Waals surface area (Å²) in [7, 11) is 0. The number of carboxylic acid groups (broad SMARTS) is 1. The molecule has 19 nitrogen and oxygen atoms in total. The van der Waals surface area contributed by atoms with E-state index in [9.17, 15) is 60.3 Å². The maximum absolute atomic E-state index is 12.1. The van der Waals surface area contributed by atoms with Gasteiger partial charge in [0, 0.05) is 13.8 Å². The summed E-state index contributed by atoms with van der Waals surface area (Å²) in [5, 5.41) is 96.5. The van der Waals surface area contributed by atoms with Crippen LogP contribution in [0, 0.1) is 0 Å². The van der Waals surface area contributed by atoms with Crippen molar-refractivity contribution in [3.63, 3.8) is 0 Å². The molecule has 15 atom stereocenters. The van der Waals surface area contributed by atoms with Crippen LogP contribution in [0.3, 0.4) is 0 Å². The molecule has 0 radical (unpaired) electrons. The normalized spacial score (nSPS) is 45.1. The molecule has 41 heavy (non-hydrogen) atoms. The van der Waals surface area contributed by atoms with Gasteiger partial charge < -0.3 is 80.3 Å².